The highest BCUT2D eigenvalue weighted by Gasteiger charge is 2.18. The van der Waals surface area contributed by atoms with Crippen molar-refractivity contribution in [1.29, 1.82) is 0 Å². The van der Waals surface area contributed by atoms with Crippen LogP contribution < -0.4 is 5.73 Å². The molecule has 0 aliphatic rings. The predicted molar refractivity (Wildman–Crippen MR) is 69.8 cm³/mol. The average molecular weight is 280 g/mol. The number of hydrogen-bond donors (Lipinski definition) is 1. The molecule has 2 rings (SSSR count). The lowest BCUT2D eigenvalue weighted by molar-refractivity contribution is 0.0785. The van der Waals surface area contributed by atoms with E-state index in [0.29, 0.717) is 6.54 Å². The lowest BCUT2D eigenvalue weighted by Crippen LogP contribution is -2.27. The molecule has 0 fully saturated rings. The minimum absolute atomic E-state index is 0.0599. The number of aryl methyl sites for hydroxylation is 1. The van der Waals surface area contributed by atoms with E-state index in [0.717, 1.165) is 17.7 Å². The summed E-state index contributed by atoms with van der Waals surface area (Å²) >= 11 is 0. The first kappa shape index (κ1) is 14.0. The number of amides is 1. The van der Waals surface area contributed by atoms with Crippen LogP contribution in [0.25, 0.3) is 0 Å². The van der Waals surface area contributed by atoms with Crippen LogP contribution in [-0.4, -0.2) is 27.6 Å². The van der Waals surface area contributed by atoms with Gasteiger partial charge in [0.1, 0.15) is 0 Å². The number of halogens is 2. The maximum atomic E-state index is 13.2. The minimum atomic E-state index is -1.10. The summed E-state index contributed by atoms with van der Waals surface area (Å²) in [6.07, 6.45) is 3.39. The van der Waals surface area contributed by atoms with Gasteiger partial charge >= 0.3 is 0 Å². The van der Waals surface area contributed by atoms with Crippen LogP contribution >= 0.6 is 0 Å². The van der Waals surface area contributed by atoms with Gasteiger partial charge in [0.15, 0.2) is 11.6 Å². The van der Waals surface area contributed by atoms with E-state index in [1.165, 1.54) is 4.90 Å². The fourth-order valence-corrected chi connectivity index (χ4v) is 1.85. The minimum Gasteiger partial charge on any atom is -0.398 e. The van der Waals surface area contributed by atoms with Crippen molar-refractivity contribution in [2.75, 3.05) is 12.8 Å². The second-order valence-corrected chi connectivity index (χ2v) is 4.54. The molecule has 20 heavy (non-hydrogen) atoms. The Kier molecular flexibility index (Phi) is 3.69. The number of anilines is 1. The van der Waals surface area contributed by atoms with E-state index in [2.05, 4.69) is 5.10 Å². The van der Waals surface area contributed by atoms with Crippen LogP contribution in [0.1, 0.15) is 15.9 Å². The molecule has 1 amide bonds. The van der Waals surface area contributed by atoms with E-state index in [-0.39, 0.29) is 11.3 Å². The Labute approximate surface area is 114 Å². The number of carbonyl (C=O) groups excluding carboxylic acids is 1. The molecular formula is C13H14F2N4O. The highest BCUT2D eigenvalue weighted by molar-refractivity contribution is 5.98. The topological polar surface area (TPSA) is 64.2 Å². The van der Waals surface area contributed by atoms with Gasteiger partial charge in [-0.15, -0.1) is 0 Å². The van der Waals surface area contributed by atoms with Crippen molar-refractivity contribution >= 4 is 11.6 Å². The van der Waals surface area contributed by atoms with Gasteiger partial charge in [-0.05, 0) is 6.07 Å². The van der Waals surface area contributed by atoms with Crippen LogP contribution in [0.4, 0.5) is 14.5 Å². The molecule has 0 unspecified atom stereocenters. The van der Waals surface area contributed by atoms with Gasteiger partial charge in [-0.25, -0.2) is 8.78 Å². The van der Waals surface area contributed by atoms with Gasteiger partial charge in [-0.1, -0.05) is 0 Å². The average Bonchev–Trinajstić information content (AvgIpc) is 2.78. The summed E-state index contributed by atoms with van der Waals surface area (Å²) in [7, 11) is 3.31. The SMILES string of the molecule is CN(Cc1cnn(C)c1)C(=O)c1cc(F)c(F)cc1N. The Hall–Kier alpha value is -2.44. The Balaban J connectivity index is 2.20. The highest BCUT2D eigenvalue weighted by atomic mass is 19.2. The third-order valence-electron chi connectivity index (χ3n) is 2.85. The van der Waals surface area contributed by atoms with Crippen LogP contribution in [0.15, 0.2) is 24.5 Å². The number of benzene rings is 1. The van der Waals surface area contributed by atoms with E-state index in [1.54, 1.807) is 31.2 Å². The van der Waals surface area contributed by atoms with Crippen molar-refractivity contribution in [1.82, 2.24) is 14.7 Å². The third kappa shape index (κ3) is 2.76. The molecule has 2 N–H and O–H groups in total. The van der Waals surface area contributed by atoms with Gasteiger partial charge in [0.05, 0.1) is 11.8 Å². The maximum Gasteiger partial charge on any atom is 0.256 e. The summed E-state index contributed by atoms with van der Waals surface area (Å²) in [4.78, 5) is 13.5. The number of carbonyl (C=O) groups is 1. The quantitative estimate of drug-likeness (QED) is 0.868. The molecule has 7 heteroatoms. The summed E-state index contributed by atoms with van der Waals surface area (Å²) in [5.74, 6) is -2.66. The fraction of sp³-hybridized carbons (Fsp3) is 0.231. The first-order valence-electron chi connectivity index (χ1n) is 5.86. The summed E-state index contributed by atoms with van der Waals surface area (Å²) in [6, 6.07) is 1.62. The fourth-order valence-electron chi connectivity index (χ4n) is 1.85. The Morgan fingerprint density at radius 2 is 2.05 bits per heavy atom. The van der Waals surface area contributed by atoms with Crippen molar-refractivity contribution in [2.45, 2.75) is 6.54 Å². The maximum absolute atomic E-state index is 13.2. The van der Waals surface area contributed by atoms with Gasteiger partial charge < -0.3 is 10.6 Å². The number of nitrogens with two attached hydrogens (primary N) is 1. The molecule has 1 aromatic carbocycles. The molecule has 106 valence electrons. The molecule has 0 aliphatic heterocycles. The van der Waals surface area contributed by atoms with Crippen LogP contribution in [0.5, 0.6) is 0 Å². The molecule has 5 nitrogen and oxygen atoms in total. The number of rotatable bonds is 3. The molecule has 1 aromatic heterocycles. The zero-order valence-electron chi connectivity index (χ0n) is 11.1. The first-order valence-corrected chi connectivity index (χ1v) is 5.86. The second-order valence-electron chi connectivity index (χ2n) is 4.54. The van der Waals surface area contributed by atoms with Gasteiger partial charge in [-0.3, -0.25) is 9.48 Å². The number of hydrogen-bond acceptors (Lipinski definition) is 3. The van der Waals surface area contributed by atoms with Gasteiger partial charge in [0, 0.05) is 44.2 Å². The first-order chi connectivity index (χ1) is 9.38. The van der Waals surface area contributed by atoms with E-state index in [9.17, 15) is 13.6 Å². The van der Waals surface area contributed by atoms with Crippen molar-refractivity contribution in [3.05, 3.63) is 47.3 Å². The van der Waals surface area contributed by atoms with Gasteiger partial charge in [0.25, 0.3) is 5.91 Å². The lowest BCUT2D eigenvalue weighted by atomic mass is 10.1. The van der Waals surface area contributed by atoms with Crippen molar-refractivity contribution in [2.24, 2.45) is 7.05 Å². The van der Waals surface area contributed by atoms with Crippen LogP contribution in [-0.2, 0) is 13.6 Å². The largest absolute Gasteiger partial charge is 0.398 e. The van der Waals surface area contributed by atoms with Crippen molar-refractivity contribution in [3.8, 4) is 0 Å². The number of nitrogens with zero attached hydrogens (tertiary/aromatic N) is 3. The molecule has 0 spiro atoms. The summed E-state index contributed by atoms with van der Waals surface area (Å²) < 4.78 is 27.8. The van der Waals surface area contributed by atoms with E-state index < -0.39 is 17.5 Å². The third-order valence-corrected chi connectivity index (χ3v) is 2.85. The van der Waals surface area contributed by atoms with Gasteiger partial charge in [0.2, 0.25) is 0 Å². The molecule has 0 saturated heterocycles. The molecule has 0 aliphatic carbocycles. The van der Waals surface area contributed by atoms with Crippen LogP contribution in [0, 0.1) is 11.6 Å². The number of nitrogen functional groups attached to an aromatic ring is 1. The van der Waals surface area contributed by atoms with E-state index >= 15 is 0 Å². The lowest BCUT2D eigenvalue weighted by Gasteiger charge is -2.17. The zero-order valence-corrected chi connectivity index (χ0v) is 11.1. The van der Waals surface area contributed by atoms with Crippen LogP contribution in [0.2, 0.25) is 0 Å². The summed E-state index contributed by atoms with van der Waals surface area (Å²) in [5.41, 5.74) is 6.23. The zero-order chi connectivity index (χ0) is 14.9. The number of aromatic nitrogens is 2. The Bertz CT molecular complexity index is 654. The molecule has 0 saturated carbocycles. The second kappa shape index (κ2) is 5.28. The summed E-state index contributed by atoms with van der Waals surface area (Å²) in [6.45, 7) is 0.297. The Morgan fingerprint density at radius 3 is 2.65 bits per heavy atom. The standard InChI is InChI=1S/C13H14F2N4O/c1-18(6-8-5-17-19(2)7-8)13(20)9-3-10(14)11(15)4-12(9)16/h3-5,7H,6,16H2,1-2H3. The summed E-state index contributed by atoms with van der Waals surface area (Å²) in [5, 5.41) is 3.99. The van der Waals surface area contributed by atoms with Gasteiger partial charge in [-0.2, -0.15) is 5.10 Å². The van der Waals surface area contributed by atoms with E-state index in [4.69, 9.17) is 5.73 Å². The normalized spacial score (nSPS) is 10.6. The molecule has 1 heterocycles. The predicted octanol–water partition coefficient (Wildman–Crippen LogP) is 1.55. The molecule has 2 aromatic rings. The molecule has 0 atom stereocenters. The highest BCUT2D eigenvalue weighted by Crippen LogP contribution is 2.19. The molecule has 0 bridgehead atoms. The Morgan fingerprint density at radius 1 is 1.40 bits per heavy atom. The van der Waals surface area contributed by atoms with Crippen molar-refractivity contribution in [3.63, 3.8) is 0 Å². The van der Waals surface area contributed by atoms with Crippen LogP contribution in [0.3, 0.4) is 0 Å². The van der Waals surface area contributed by atoms with Crippen molar-refractivity contribution < 1.29 is 13.6 Å². The van der Waals surface area contributed by atoms with E-state index in [1.807, 2.05) is 0 Å². The smallest absolute Gasteiger partial charge is 0.256 e. The molecular weight excluding hydrogens is 266 g/mol. The molecule has 0 radical (unpaired) electrons. The monoisotopic (exact) mass is 280 g/mol.